The molecule has 0 aliphatic heterocycles. The lowest BCUT2D eigenvalue weighted by Gasteiger charge is -2.10. The lowest BCUT2D eigenvalue weighted by molar-refractivity contribution is 0.112. The zero-order valence-corrected chi connectivity index (χ0v) is 9.06. The Bertz CT molecular complexity index is 537. The van der Waals surface area contributed by atoms with Crippen molar-refractivity contribution in [3.05, 3.63) is 29.8 Å². The van der Waals surface area contributed by atoms with Gasteiger partial charge in [0.2, 0.25) is 0 Å². The standard InChI is InChI=1S/C12H11NO3/c1-15-11-9(7-14)8-5-3-4-6-10(8)13-12(11)16-2/h3-7H,1-2H3. The molecule has 0 saturated carbocycles. The van der Waals surface area contributed by atoms with E-state index in [9.17, 15) is 4.79 Å². The molecule has 2 aromatic rings. The molecule has 0 unspecified atom stereocenters. The molecule has 1 aromatic heterocycles. The Hall–Kier alpha value is -2.10. The van der Waals surface area contributed by atoms with E-state index in [2.05, 4.69) is 4.98 Å². The van der Waals surface area contributed by atoms with Gasteiger partial charge in [0.05, 0.1) is 25.3 Å². The highest BCUT2D eigenvalue weighted by molar-refractivity contribution is 6.00. The predicted molar refractivity (Wildman–Crippen MR) is 60.2 cm³/mol. The molecule has 0 atom stereocenters. The highest BCUT2D eigenvalue weighted by Crippen LogP contribution is 2.33. The van der Waals surface area contributed by atoms with Gasteiger partial charge < -0.3 is 9.47 Å². The van der Waals surface area contributed by atoms with E-state index < -0.39 is 0 Å². The molecule has 16 heavy (non-hydrogen) atoms. The maximum atomic E-state index is 11.1. The third kappa shape index (κ3) is 1.48. The SMILES string of the molecule is COc1nc2ccccc2c(C=O)c1OC. The van der Waals surface area contributed by atoms with Crippen molar-refractivity contribution in [3.8, 4) is 11.6 Å². The maximum Gasteiger partial charge on any atom is 0.258 e. The minimum atomic E-state index is 0.322. The number of carbonyl (C=O) groups excluding carboxylic acids is 1. The largest absolute Gasteiger partial charge is 0.491 e. The van der Waals surface area contributed by atoms with Gasteiger partial charge in [-0.05, 0) is 6.07 Å². The van der Waals surface area contributed by atoms with Crippen LogP contribution in [-0.2, 0) is 0 Å². The zero-order chi connectivity index (χ0) is 11.5. The van der Waals surface area contributed by atoms with Gasteiger partial charge >= 0.3 is 0 Å². The fourth-order valence-corrected chi connectivity index (χ4v) is 1.65. The molecule has 0 amide bonds. The molecule has 82 valence electrons. The molecular weight excluding hydrogens is 206 g/mol. The average molecular weight is 217 g/mol. The van der Waals surface area contributed by atoms with Gasteiger partial charge in [-0.3, -0.25) is 4.79 Å². The van der Waals surface area contributed by atoms with Gasteiger partial charge in [0.25, 0.3) is 5.88 Å². The van der Waals surface area contributed by atoms with E-state index in [-0.39, 0.29) is 0 Å². The van der Waals surface area contributed by atoms with Crippen molar-refractivity contribution in [2.75, 3.05) is 14.2 Å². The molecule has 1 heterocycles. The smallest absolute Gasteiger partial charge is 0.258 e. The zero-order valence-electron chi connectivity index (χ0n) is 9.06. The molecular formula is C12H11NO3. The Morgan fingerprint density at radius 2 is 1.94 bits per heavy atom. The summed E-state index contributed by atoms with van der Waals surface area (Å²) in [6, 6.07) is 7.36. The van der Waals surface area contributed by atoms with Gasteiger partial charge in [-0.25, -0.2) is 4.98 Å². The van der Waals surface area contributed by atoms with Crippen molar-refractivity contribution < 1.29 is 14.3 Å². The molecule has 0 bridgehead atoms. The molecule has 0 N–H and O–H groups in total. The molecule has 4 nitrogen and oxygen atoms in total. The minimum Gasteiger partial charge on any atom is -0.491 e. The molecule has 1 aromatic carbocycles. The lowest BCUT2D eigenvalue weighted by atomic mass is 10.1. The molecule has 0 radical (unpaired) electrons. The summed E-state index contributed by atoms with van der Waals surface area (Å²) in [4.78, 5) is 15.4. The number of benzene rings is 1. The third-order valence-corrected chi connectivity index (χ3v) is 2.37. The van der Waals surface area contributed by atoms with Gasteiger partial charge in [-0.1, -0.05) is 18.2 Å². The van der Waals surface area contributed by atoms with Gasteiger partial charge in [0.15, 0.2) is 12.0 Å². The second-order valence-corrected chi connectivity index (χ2v) is 3.20. The number of hydrogen-bond donors (Lipinski definition) is 0. The first-order valence-corrected chi connectivity index (χ1v) is 4.77. The average Bonchev–Trinajstić information content (AvgIpc) is 2.36. The summed E-state index contributed by atoms with van der Waals surface area (Å²) < 4.78 is 10.2. The number of pyridine rings is 1. The summed E-state index contributed by atoms with van der Waals surface area (Å²) in [7, 11) is 2.98. The number of nitrogens with zero attached hydrogens (tertiary/aromatic N) is 1. The summed E-state index contributed by atoms with van der Waals surface area (Å²) in [5.74, 6) is 0.694. The number of hydrogen-bond acceptors (Lipinski definition) is 4. The first-order chi connectivity index (χ1) is 7.81. The number of fused-ring (bicyclic) bond motifs is 1. The summed E-state index contributed by atoms with van der Waals surface area (Å²) in [5.41, 5.74) is 1.17. The Balaban J connectivity index is 2.87. The van der Waals surface area contributed by atoms with Crippen LogP contribution in [0.3, 0.4) is 0 Å². The predicted octanol–water partition coefficient (Wildman–Crippen LogP) is 2.06. The first kappa shape index (κ1) is 10.4. The van der Waals surface area contributed by atoms with E-state index >= 15 is 0 Å². The van der Waals surface area contributed by atoms with E-state index in [1.54, 1.807) is 0 Å². The Morgan fingerprint density at radius 1 is 1.19 bits per heavy atom. The summed E-state index contributed by atoms with van der Waals surface area (Å²) in [6.07, 6.45) is 0.755. The Kier molecular flexibility index (Phi) is 2.72. The fraction of sp³-hybridized carbons (Fsp3) is 0.167. The van der Waals surface area contributed by atoms with Crippen LogP contribution in [0.5, 0.6) is 11.6 Å². The quantitative estimate of drug-likeness (QED) is 0.738. The Labute approximate surface area is 92.8 Å². The van der Waals surface area contributed by atoms with Crippen molar-refractivity contribution in [1.29, 1.82) is 0 Å². The van der Waals surface area contributed by atoms with E-state index in [1.807, 2.05) is 24.3 Å². The number of methoxy groups -OCH3 is 2. The topological polar surface area (TPSA) is 48.4 Å². The van der Waals surface area contributed by atoms with Crippen LogP contribution >= 0.6 is 0 Å². The van der Waals surface area contributed by atoms with Gasteiger partial charge in [-0.2, -0.15) is 0 Å². The normalized spacial score (nSPS) is 10.1. The monoisotopic (exact) mass is 217 g/mol. The summed E-state index contributed by atoms with van der Waals surface area (Å²) in [5, 5.41) is 0.759. The second kappa shape index (κ2) is 4.18. The molecule has 4 heteroatoms. The van der Waals surface area contributed by atoms with Crippen molar-refractivity contribution >= 4 is 17.2 Å². The number of aldehydes is 1. The summed E-state index contributed by atoms with van der Waals surface area (Å²) in [6.45, 7) is 0. The highest BCUT2D eigenvalue weighted by atomic mass is 16.5. The van der Waals surface area contributed by atoms with Gasteiger partial charge in [-0.15, -0.1) is 0 Å². The molecule has 0 spiro atoms. The van der Waals surface area contributed by atoms with Crippen LogP contribution in [0, 0.1) is 0 Å². The van der Waals surface area contributed by atoms with Crippen LogP contribution in [0.25, 0.3) is 10.9 Å². The number of aromatic nitrogens is 1. The van der Waals surface area contributed by atoms with E-state index in [4.69, 9.17) is 9.47 Å². The highest BCUT2D eigenvalue weighted by Gasteiger charge is 2.15. The number of ether oxygens (including phenoxy) is 2. The van der Waals surface area contributed by atoms with Crippen molar-refractivity contribution in [3.63, 3.8) is 0 Å². The van der Waals surface area contributed by atoms with Crippen LogP contribution in [0.1, 0.15) is 10.4 Å². The van der Waals surface area contributed by atoms with Crippen LogP contribution in [0.2, 0.25) is 0 Å². The Morgan fingerprint density at radius 3 is 2.56 bits per heavy atom. The van der Waals surface area contributed by atoms with E-state index in [0.717, 1.165) is 11.7 Å². The number of rotatable bonds is 3. The van der Waals surface area contributed by atoms with E-state index in [1.165, 1.54) is 14.2 Å². The van der Waals surface area contributed by atoms with Crippen LogP contribution in [0.15, 0.2) is 24.3 Å². The number of carbonyl (C=O) groups is 1. The molecule has 0 aliphatic rings. The molecule has 0 saturated heterocycles. The minimum absolute atomic E-state index is 0.322. The fourth-order valence-electron chi connectivity index (χ4n) is 1.65. The molecule has 2 rings (SSSR count). The van der Waals surface area contributed by atoms with Gasteiger partial charge in [0.1, 0.15) is 0 Å². The van der Waals surface area contributed by atoms with E-state index in [0.29, 0.717) is 22.7 Å². The third-order valence-electron chi connectivity index (χ3n) is 2.37. The van der Waals surface area contributed by atoms with Crippen LogP contribution in [-0.4, -0.2) is 25.5 Å². The molecule has 0 aliphatic carbocycles. The van der Waals surface area contributed by atoms with Crippen LogP contribution in [0.4, 0.5) is 0 Å². The van der Waals surface area contributed by atoms with Crippen molar-refractivity contribution in [2.45, 2.75) is 0 Å². The van der Waals surface area contributed by atoms with Crippen molar-refractivity contribution in [1.82, 2.24) is 4.98 Å². The maximum absolute atomic E-state index is 11.1. The number of para-hydroxylation sites is 1. The second-order valence-electron chi connectivity index (χ2n) is 3.20. The van der Waals surface area contributed by atoms with Crippen molar-refractivity contribution in [2.24, 2.45) is 0 Å². The summed E-state index contributed by atoms with van der Waals surface area (Å²) >= 11 is 0. The van der Waals surface area contributed by atoms with Gasteiger partial charge in [0, 0.05) is 5.39 Å². The lowest BCUT2D eigenvalue weighted by Crippen LogP contribution is -1.99. The molecule has 0 fully saturated rings. The first-order valence-electron chi connectivity index (χ1n) is 4.77. The van der Waals surface area contributed by atoms with Crippen LogP contribution < -0.4 is 9.47 Å².